The summed E-state index contributed by atoms with van der Waals surface area (Å²) in [6.45, 7) is 0. The Morgan fingerprint density at radius 3 is 2.50 bits per heavy atom. The zero-order chi connectivity index (χ0) is 10.9. The summed E-state index contributed by atoms with van der Waals surface area (Å²) in [6, 6.07) is 1.81. The van der Waals surface area contributed by atoms with E-state index < -0.39 is 21.7 Å². The minimum Gasteiger partial charge on any atom is -0.276 e. The molecule has 0 N–H and O–H groups in total. The lowest BCUT2D eigenvalue weighted by Gasteiger charge is -1.99. The molecule has 0 aliphatic heterocycles. The van der Waals surface area contributed by atoms with Gasteiger partial charge in [-0.05, 0) is 39.7 Å². The van der Waals surface area contributed by atoms with Gasteiger partial charge in [0.15, 0.2) is 0 Å². The molecule has 0 spiro atoms. The van der Waals surface area contributed by atoms with E-state index in [1.165, 1.54) is 0 Å². The third kappa shape index (κ3) is 2.08. The van der Waals surface area contributed by atoms with Crippen LogP contribution in [0.2, 0.25) is 0 Å². The van der Waals surface area contributed by atoms with E-state index in [9.17, 15) is 19.3 Å². The van der Waals surface area contributed by atoms with Crippen LogP contribution in [0.25, 0.3) is 0 Å². The van der Waals surface area contributed by atoms with Crippen molar-refractivity contribution < 1.29 is 14.1 Å². The first kappa shape index (κ1) is 11.1. The fourth-order valence-corrected chi connectivity index (χ4v) is 1.54. The molecule has 0 bridgehead atoms. The molecule has 0 aliphatic rings. The molecule has 0 atom stereocenters. The Morgan fingerprint density at radius 2 is 2.14 bits per heavy atom. The Morgan fingerprint density at radius 1 is 1.57 bits per heavy atom. The van der Waals surface area contributed by atoms with Crippen molar-refractivity contribution in [1.82, 2.24) is 0 Å². The molecule has 0 fully saturated rings. The molecule has 0 aliphatic carbocycles. The van der Waals surface area contributed by atoms with E-state index in [2.05, 4.69) is 15.9 Å². The van der Waals surface area contributed by atoms with E-state index in [0.29, 0.717) is 0 Å². The second-order valence-electron chi connectivity index (χ2n) is 2.32. The van der Waals surface area contributed by atoms with Crippen LogP contribution in [0.4, 0.5) is 10.1 Å². The van der Waals surface area contributed by atoms with Gasteiger partial charge in [0.25, 0.3) is 5.24 Å². The maximum Gasteiger partial charge on any atom is 0.318 e. The minimum absolute atomic E-state index is 0.119. The standard InChI is InChI=1S/C7H2BrClFNO3/c8-4-1-3(7(9)12)2-5(10)6(4)11(13)14/h1-2H. The highest BCUT2D eigenvalue weighted by Crippen LogP contribution is 2.29. The van der Waals surface area contributed by atoms with Crippen LogP contribution in [0.5, 0.6) is 0 Å². The molecule has 0 saturated heterocycles. The highest BCUT2D eigenvalue weighted by molar-refractivity contribution is 9.10. The Kier molecular flexibility index (Phi) is 3.17. The maximum atomic E-state index is 13.0. The molecule has 0 radical (unpaired) electrons. The third-order valence-electron chi connectivity index (χ3n) is 1.43. The van der Waals surface area contributed by atoms with Crippen molar-refractivity contribution in [2.24, 2.45) is 0 Å². The van der Waals surface area contributed by atoms with Crippen LogP contribution in [0.3, 0.4) is 0 Å². The highest BCUT2D eigenvalue weighted by atomic mass is 79.9. The topological polar surface area (TPSA) is 60.2 Å². The number of benzene rings is 1. The average Bonchev–Trinajstić information content (AvgIpc) is 2.01. The summed E-state index contributed by atoms with van der Waals surface area (Å²) in [5, 5.41) is 9.47. The van der Waals surface area contributed by atoms with Gasteiger partial charge in [0.05, 0.1) is 9.40 Å². The number of nitro groups is 1. The predicted octanol–water partition coefficient (Wildman–Crippen LogP) is 2.88. The normalized spacial score (nSPS) is 9.93. The van der Waals surface area contributed by atoms with E-state index in [-0.39, 0.29) is 10.0 Å². The van der Waals surface area contributed by atoms with Crippen molar-refractivity contribution in [2.45, 2.75) is 0 Å². The highest BCUT2D eigenvalue weighted by Gasteiger charge is 2.21. The van der Waals surface area contributed by atoms with Crippen LogP contribution in [-0.2, 0) is 0 Å². The third-order valence-corrected chi connectivity index (χ3v) is 2.25. The van der Waals surface area contributed by atoms with Crippen LogP contribution in [0.15, 0.2) is 16.6 Å². The lowest BCUT2D eigenvalue weighted by molar-refractivity contribution is -0.388. The van der Waals surface area contributed by atoms with Gasteiger partial charge in [-0.15, -0.1) is 0 Å². The first-order valence-electron chi connectivity index (χ1n) is 3.26. The van der Waals surface area contributed by atoms with Gasteiger partial charge in [-0.1, -0.05) is 0 Å². The fraction of sp³-hybridized carbons (Fsp3) is 0. The van der Waals surface area contributed by atoms with E-state index in [1.54, 1.807) is 0 Å². The lowest BCUT2D eigenvalue weighted by atomic mass is 10.2. The van der Waals surface area contributed by atoms with Crippen molar-refractivity contribution in [3.63, 3.8) is 0 Å². The molecule has 14 heavy (non-hydrogen) atoms. The number of halogens is 3. The molecule has 0 aromatic heterocycles. The van der Waals surface area contributed by atoms with Gasteiger partial charge in [-0.2, -0.15) is 4.39 Å². The molecule has 0 amide bonds. The summed E-state index contributed by atoms with van der Waals surface area (Å²) in [5.74, 6) is -1.10. The molecule has 4 nitrogen and oxygen atoms in total. The number of rotatable bonds is 2. The van der Waals surface area contributed by atoms with Gasteiger partial charge < -0.3 is 0 Å². The Labute approximate surface area is 90.9 Å². The average molecular weight is 282 g/mol. The number of carbonyl (C=O) groups excluding carboxylic acids is 1. The molecular formula is C7H2BrClFNO3. The summed E-state index contributed by atoms with van der Waals surface area (Å²) in [6.07, 6.45) is 0. The molecule has 0 saturated carbocycles. The summed E-state index contributed by atoms with van der Waals surface area (Å²) >= 11 is 7.86. The van der Waals surface area contributed by atoms with Gasteiger partial charge >= 0.3 is 5.69 Å². The van der Waals surface area contributed by atoms with Crippen molar-refractivity contribution in [1.29, 1.82) is 0 Å². The largest absolute Gasteiger partial charge is 0.318 e. The number of hydrogen-bond acceptors (Lipinski definition) is 3. The van der Waals surface area contributed by atoms with Crippen molar-refractivity contribution in [3.8, 4) is 0 Å². The van der Waals surface area contributed by atoms with Crippen molar-refractivity contribution in [3.05, 3.63) is 38.1 Å². The number of carbonyl (C=O) groups is 1. The Balaban J connectivity index is 3.39. The minimum atomic E-state index is -1.10. The summed E-state index contributed by atoms with van der Waals surface area (Å²) < 4.78 is 12.9. The monoisotopic (exact) mass is 281 g/mol. The first-order valence-corrected chi connectivity index (χ1v) is 4.44. The molecule has 7 heteroatoms. The van der Waals surface area contributed by atoms with Crippen molar-refractivity contribution >= 4 is 38.5 Å². The quantitative estimate of drug-likeness (QED) is 0.476. The summed E-state index contributed by atoms with van der Waals surface area (Å²) in [4.78, 5) is 20.1. The maximum absolute atomic E-state index is 13.0. The second kappa shape index (κ2) is 4.02. The molecule has 1 rings (SSSR count). The SMILES string of the molecule is O=C(Cl)c1cc(F)c([N+](=O)[O-])c(Br)c1. The van der Waals surface area contributed by atoms with Crippen LogP contribution < -0.4 is 0 Å². The Bertz CT molecular complexity index is 400. The van der Waals surface area contributed by atoms with Crippen LogP contribution in [0, 0.1) is 15.9 Å². The van der Waals surface area contributed by atoms with E-state index in [1.807, 2.05) is 0 Å². The van der Waals surface area contributed by atoms with Gasteiger partial charge in [-0.3, -0.25) is 14.9 Å². The molecule has 0 unspecified atom stereocenters. The zero-order valence-corrected chi connectivity index (χ0v) is 8.80. The predicted molar refractivity (Wildman–Crippen MR) is 50.9 cm³/mol. The fourth-order valence-electron chi connectivity index (χ4n) is 0.853. The first-order chi connectivity index (χ1) is 6.43. The smallest absolute Gasteiger partial charge is 0.276 e. The number of nitrogens with zero attached hydrogens (tertiary/aromatic N) is 1. The van der Waals surface area contributed by atoms with E-state index in [4.69, 9.17) is 11.6 Å². The van der Waals surface area contributed by atoms with Crippen LogP contribution in [0.1, 0.15) is 10.4 Å². The second-order valence-corrected chi connectivity index (χ2v) is 3.52. The summed E-state index contributed by atoms with van der Waals surface area (Å²) in [7, 11) is 0. The van der Waals surface area contributed by atoms with Gasteiger partial charge in [-0.25, -0.2) is 0 Å². The van der Waals surface area contributed by atoms with E-state index >= 15 is 0 Å². The van der Waals surface area contributed by atoms with Crippen LogP contribution in [-0.4, -0.2) is 10.2 Å². The van der Waals surface area contributed by atoms with Gasteiger partial charge in [0.2, 0.25) is 5.82 Å². The Hall–Kier alpha value is -1.01. The molecule has 74 valence electrons. The van der Waals surface area contributed by atoms with Crippen molar-refractivity contribution in [2.75, 3.05) is 0 Å². The molecule has 1 aromatic carbocycles. The lowest BCUT2D eigenvalue weighted by Crippen LogP contribution is -1.97. The molecule has 1 aromatic rings. The number of nitro benzene ring substituents is 1. The zero-order valence-electron chi connectivity index (χ0n) is 6.46. The summed E-state index contributed by atoms with van der Waals surface area (Å²) in [5.41, 5.74) is -0.853. The number of hydrogen-bond donors (Lipinski definition) is 0. The molecular weight excluding hydrogens is 280 g/mol. The van der Waals surface area contributed by atoms with Gasteiger partial charge in [0, 0.05) is 5.56 Å². The van der Waals surface area contributed by atoms with Gasteiger partial charge in [0.1, 0.15) is 0 Å². The van der Waals surface area contributed by atoms with Crippen LogP contribution >= 0.6 is 27.5 Å². The molecule has 0 heterocycles. The van der Waals surface area contributed by atoms with E-state index in [0.717, 1.165) is 12.1 Å².